The van der Waals surface area contributed by atoms with Crippen LogP contribution in [-0.4, -0.2) is 16.9 Å². The van der Waals surface area contributed by atoms with Crippen LogP contribution in [0.2, 0.25) is 0 Å². The average molecular weight is 273 g/mol. The minimum Gasteiger partial charge on any atom is -0.508 e. The van der Waals surface area contributed by atoms with Gasteiger partial charge in [-0.2, -0.15) is 0 Å². The van der Waals surface area contributed by atoms with Crippen LogP contribution in [0.4, 0.5) is 5.69 Å². The van der Waals surface area contributed by atoms with E-state index in [1.54, 1.807) is 12.1 Å². The predicted octanol–water partition coefficient (Wildman–Crippen LogP) is 3.00. The summed E-state index contributed by atoms with van der Waals surface area (Å²) >= 11 is 0. The lowest BCUT2D eigenvalue weighted by molar-refractivity contribution is -0.134. The molecule has 4 heteroatoms. The van der Waals surface area contributed by atoms with E-state index >= 15 is 0 Å². The number of hydrogen-bond donors (Lipinski definition) is 1. The summed E-state index contributed by atoms with van der Waals surface area (Å²) in [6, 6.07) is 6.23. The van der Waals surface area contributed by atoms with Crippen molar-refractivity contribution in [1.29, 1.82) is 0 Å². The summed E-state index contributed by atoms with van der Waals surface area (Å²) in [7, 11) is 0. The molecule has 2 aliphatic rings. The van der Waals surface area contributed by atoms with Crippen LogP contribution in [0.3, 0.4) is 0 Å². The van der Waals surface area contributed by atoms with Gasteiger partial charge in [0.2, 0.25) is 11.8 Å². The second-order valence-electron chi connectivity index (χ2n) is 6.05. The first-order valence-electron chi connectivity index (χ1n) is 7.25. The molecule has 0 unspecified atom stereocenters. The number of hydrogen-bond acceptors (Lipinski definition) is 3. The fraction of sp³-hybridized carbons (Fsp3) is 0.500. The molecule has 1 aromatic rings. The number of benzene rings is 1. The minimum atomic E-state index is -0.103. The highest BCUT2D eigenvalue weighted by Crippen LogP contribution is 2.46. The summed E-state index contributed by atoms with van der Waals surface area (Å²) < 4.78 is 0. The number of nitrogens with zero attached hydrogens (tertiary/aromatic N) is 1. The lowest BCUT2D eigenvalue weighted by Crippen LogP contribution is -2.48. The highest BCUT2D eigenvalue weighted by Gasteiger charge is 2.44. The van der Waals surface area contributed by atoms with Crippen molar-refractivity contribution in [2.45, 2.75) is 44.9 Å². The Morgan fingerprint density at radius 2 is 1.45 bits per heavy atom. The van der Waals surface area contributed by atoms with Gasteiger partial charge in [-0.25, -0.2) is 0 Å². The molecular weight excluding hydrogens is 254 g/mol. The molecule has 4 nitrogen and oxygen atoms in total. The van der Waals surface area contributed by atoms with Crippen LogP contribution in [0.25, 0.3) is 0 Å². The summed E-state index contributed by atoms with van der Waals surface area (Å²) in [5.41, 5.74) is 0.475. The van der Waals surface area contributed by atoms with Gasteiger partial charge < -0.3 is 5.11 Å². The fourth-order valence-electron chi connectivity index (χ4n) is 3.55. The van der Waals surface area contributed by atoms with Crippen LogP contribution < -0.4 is 4.90 Å². The van der Waals surface area contributed by atoms with Crippen LogP contribution in [-0.2, 0) is 9.59 Å². The van der Waals surface area contributed by atoms with Crippen molar-refractivity contribution in [2.75, 3.05) is 4.90 Å². The third-order valence-electron chi connectivity index (χ3n) is 4.57. The van der Waals surface area contributed by atoms with Crippen molar-refractivity contribution >= 4 is 17.5 Å². The number of phenolic OH excluding ortho intramolecular Hbond substituents is 1. The average Bonchev–Trinajstić information content (AvgIpc) is 2.41. The van der Waals surface area contributed by atoms with Crippen LogP contribution in [0.15, 0.2) is 24.3 Å². The Balaban J connectivity index is 1.83. The Kier molecular flexibility index (Phi) is 3.24. The molecule has 1 spiro atoms. The molecule has 106 valence electrons. The Morgan fingerprint density at radius 1 is 0.900 bits per heavy atom. The van der Waals surface area contributed by atoms with Crippen molar-refractivity contribution in [3.63, 3.8) is 0 Å². The molecule has 1 saturated carbocycles. The zero-order valence-corrected chi connectivity index (χ0v) is 11.5. The minimum absolute atomic E-state index is 0.0835. The highest BCUT2D eigenvalue weighted by atomic mass is 16.3. The normalized spacial score (nSPS) is 22.3. The van der Waals surface area contributed by atoms with Gasteiger partial charge in [-0.15, -0.1) is 0 Å². The first-order valence-corrected chi connectivity index (χ1v) is 7.25. The van der Waals surface area contributed by atoms with Gasteiger partial charge in [0, 0.05) is 12.8 Å². The molecule has 3 rings (SSSR count). The molecule has 1 aliphatic heterocycles. The third-order valence-corrected chi connectivity index (χ3v) is 4.57. The second-order valence-corrected chi connectivity index (χ2v) is 6.05. The number of piperidine rings is 1. The maximum Gasteiger partial charge on any atom is 0.234 e. The van der Waals surface area contributed by atoms with Gasteiger partial charge in [0.05, 0.1) is 5.69 Å². The lowest BCUT2D eigenvalue weighted by Gasteiger charge is -2.42. The van der Waals surface area contributed by atoms with Gasteiger partial charge in [-0.1, -0.05) is 19.3 Å². The summed E-state index contributed by atoms with van der Waals surface area (Å²) in [5, 5.41) is 9.30. The van der Waals surface area contributed by atoms with E-state index in [4.69, 9.17) is 0 Å². The summed E-state index contributed by atoms with van der Waals surface area (Å²) in [6.45, 7) is 0. The van der Waals surface area contributed by atoms with Crippen molar-refractivity contribution in [1.82, 2.24) is 0 Å². The number of anilines is 1. The van der Waals surface area contributed by atoms with E-state index in [9.17, 15) is 14.7 Å². The van der Waals surface area contributed by atoms with Crippen LogP contribution in [0.5, 0.6) is 5.75 Å². The van der Waals surface area contributed by atoms with Crippen LogP contribution >= 0.6 is 0 Å². The number of rotatable bonds is 1. The number of aromatic hydroxyl groups is 1. The van der Waals surface area contributed by atoms with E-state index in [1.165, 1.54) is 23.5 Å². The Morgan fingerprint density at radius 3 is 2.00 bits per heavy atom. The van der Waals surface area contributed by atoms with Crippen LogP contribution in [0.1, 0.15) is 44.9 Å². The summed E-state index contributed by atoms with van der Waals surface area (Å²) in [5.74, 6) is -0.0721. The maximum atomic E-state index is 12.4. The molecule has 20 heavy (non-hydrogen) atoms. The zero-order chi connectivity index (χ0) is 14.2. The van der Waals surface area contributed by atoms with Gasteiger partial charge in [0.15, 0.2) is 0 Å². The quantitative estimate of drug-likeness (QED) is 0.800. The zero-order valence-electron chi connectivity index (χ0n) is 11.5. The number of imide groups is 1. The van der Waals surface area contributed by atoms with E-state index < -0.39 is 0 Å². The Labute approximate surface area is 118 Å². The second kappa shape index (κ2) is 4.93. The predicted molar refractivity (Wildman–Crippen MR) is 75.4 cm³/mol. The largest absolute Gasteiger partial charge is 0.508 e. The molecule has 2 fully saturated rings. The number of amides is 2. The van der Waals surface area contributed by atoms with E-state index in [0.29, 0.717) is 18.5 Å². The van der Waals surface area contributed by atoms with E-state index in [1.807, 2.05) is 0 Å². The first kappa shape index (κ1) is 13.2. The molecule has 1 aliphatic carbocycles. The fourth-order valence-corrected chi connectivity index (χ4v) is 3.55. The molecule has 1 aromatic carbocycles. The Bertz CT molecular complexity index is 509. The first-order chi connectivity index (χ1) is 9.60. The molecule has 0 aromatic heterocycles. The smallest absolute Gasteiger partial charge is 0.234 e. The maximum absolute atomic E-state index is 12.4. The van der Waals surface area contributed by atoms with Gasteiger partial charge in [0.1, 0.15) is 5.75 Å². The molecule has 1 N–H and O–H groups in total. The number of carbonyl (C=O) groups is 2. The van der Waals surface area contributed by atoms with E-state index in [0.717, 1.165) is 25.7 Å². The van der Waals surface area contributed by atoms with Crippen LogP contribution in [0, 0.1) is 5.41 Å². The monoisotopic (exact) mass is 273 g/mol. The molecule has 0 bridgehead atoms. The molecule has 0 atom stereocenters. The topological polar surface area (TPSA) is 57.6 Å². The molecule has 0 radical (unpaired) electrons. The van der Waals surface area contributed by atoms with Gasteiger partial charge >= 0.3 is 0 Å². The van der Waals surface area contributed by atoms with Crippen molar-refractivity contribution in [2.24, 2.45) is 5.41 Å². The van der Waals surface area contributed by atoms with Crippen molar-refractivity contribution in [3.8, 4) is 5.75 Å². The highest BCUT2D eigenvalue weighted by molar-refractivity contribution is 6.17. The lowest BCUT2D eigenvalue weighted by atomic mass is 9.67. The standard InChI is InChI=1S/C16H19NO3/c18-13-6-4-12(5-7-13)17-14(19)10-16(11-15(17)20)8-2-1-3-9-16/h4-7,18H,1-3,8-11H2. The molecule has 1 saturated heterocycles. The SMILES string of the molecule is O=C1CC2(CCCCC2)CC(=O)N1c1ccc(O)cc1. The van der Waals surface area contributed by atoms with Crippen molar-refractivity contribution < 1.29 is 14.7 Å². The Hall–Kier alpha value is -1.84. The molecule has 1 heterocycles. The van der Waals surface area contributed by atoms with E-state index in [2.05, 4.69) is 0 Å². The molecule has 2 amide bonds. The summed E-state index contributed by atoms with van der Waals surface area (Å²) in [4.78, 5) is 26.1. The van der Waals surface area contributed by atoms with E-state index in [-0.39, 0.29) is 23.0 Å². The van der Waals surface area contributed by atoms with Gasteiger partial charge in [-0.05, 0) is 42.5 Å². The summed E-state index contributed by atoms with van der Waals surface area (Å²) in [6.07, 6.45) is 6.40. The molecular formula is C16H19NO3. The van der Waals surface area contributed by atoms with Crippen molar-refractivity contribution in [3.05, 3.63) is 24.3 Å². The number of carbonyl (C=O) groups excluding carboxylic acids is 2. The third kappa shape index (κ3) is 2.30. The number of phenols is 1. The van der Waals surface area contributed by atoms with Gasteiger partial charge in [-0.3, -0.25) is 14.5 Å². The van der Waals surface area contributed by atoms with Gasteiger partial charge in [0.25, 0.3) is 0 Å².